The Balaban J connectivity index is 1.49. The Hall–Kier alpha value is -4.50. The van der Waals surface area contributed by atoms with Crippen molar-refractivity contribution < 1.29 is 13.9 Å². The lowest BCUT2D eigenvalue weighted by atomic mass is 9.89. The van der Waals surface area contributed by atoms with Crippen LogP contribution < -0.4 is 11.1 Å². The smallest absolute Gasteiger partial charge is 0.340 e. The van der Waals surface area contributed by atoms with E-state index in [1.807, 2.05) is 30.3 Å². The Morgan fingerprint density at radius 2 is 1.54 bits per heavy atom. The molecule has 5 rings (SSSR count). The van der Waals surface area contributed by atoms with Gasteiger partial charge in [-0.05, 0) is 49.7 Å². The second-order valence-electron chi connectivity index (χ2n) is 8.63. The summed E-state index contributed by atoms with van der Waals surface area (Å²) in [4.78, 5) is 38.1. The van der Waals surface area contributed by atoms with E-state index in [1.54, 1.807) is 44.2 Å². The molecule has 0 amide bonds. The summed E-state index contributed by atoms with van der Waals surface area (Å²) >= 11 is 6.31. The summed E-state index contributed by atoms with van der Waals surface area (Å²) in [6.45, 7) is 3.60. The number of hydrogen-bond donors (Lipinski definition) is 4. The highest BCUT2D eigenvalue weighted by atomic mass is 35.5. The number of halogens is 1. The van der Waals surface area contributed by atoms with Crippen molar-refractivity contribution >= 4 is 17.6 Å². The van der Waals surface area contributed by atoms with Crippen molar-refractivity contribution in [1.82, 2.24) is 20.4 Å². The Morgan fingerprint density at radius 1 is 0.892 bits per heavy atom. The fraction of sp³-hybridized carbons (Fsp3) is 0.148. The largest absolute Gasteiger partial charge is 0.460 e. The average molecular weight is 519 g/mol. The van der Waals surface area contributed by atoms with Gasteiger partial charge in [-0.1, -0.05) is 41.9 Å². The topological polar surface area (TPSA) is 137 Å². The van der Waals surface area contributed by atoms with E-state index in [4.69, 9.17) is 20.8 Å². The first-order valence-corrected chi connectivity index (χ1v) is 11.9. The van der Waals surface area contributed by atoms with Gasteiger partial charge in [-0.2, -0.15) is 0 Å². The molecule has 0 spiro atoms. The molecule has 0 radical (unpaired) electrons. The maximum Gasteiger partial charge on any atom is 0.340 e. The highest BCUT2D eigenvalue weighted by Gasteiger charge is 2.30. The zero-order valence-electron chi connectivity index (χ0n) is 20.0. The van der Waals surface area contributed by atoms with Gasteiger partial charge in [-0.15, -0.1) is 0 Å². The fourth-order valence-electron chi connectivity index (χ4n) is 4.33. The summed E-state index contributed by atoms with van der Waals surface area (Å²) in [5.41, 5.74) is 2.85. The van der Waals surface area contributed by atoms with Gasteiger partial charge in [0, 0.05) is 17.0 Å². The zero-order chi connectivity index (χ0) is 26.1. The molecule has 0 saturated carbocycles. The summed E-state index contributed by atoms with van der Waals surface area (Å²) in [6.07, 6.45) is 0. The number of esters is 1. The molecule has 0 fully saturated rings. The van der Waals surface area contributed by atoms with Crippen molar-refractivity contribution in [2.75, 3.05) is 0 Å². The molecule has 3 heterocycles. The molecule has 9 nitrogen and oxygen atoms in total. The number of carbonyl (C=O) groups excluding carboxylic acids is 1. The zero-order valence-corrected chi connectivity index (χ0v) is 20.7. The maximum absolute atomic E-state index is 12.8. The standard InChI is InChI=1S/C27H23ClN4O5/c1-14-22(25(33)31-29-14)24(23-15(2)30-32-26(23)34)21-11-10-20(37-21)17-8-9-19(28)18(12-17)27(35)36-13-16-6-4-3-5-7-16/h3-12,24H,13H2,1-2H3,(H2,29,31,33)(H2,30,32,34). The van der Waals surface area contributed by atoms with Gasteiger partial charge in [0.25, 0.3) is 11.1 Å². The predicted octanol–water partition coefficient (Wildman–Crippen LogP) is 4.79. The van der Waals surface area contributed by atoms with Gasteiger partial charge in [0.2, 0.25) is 0 Å². The van der Waals surface area contributed by atoms with Gasteiger partial charge in [-0.25, -0.2) is 4.79 Å². The molecule has 0 aliphatic carbocycles. The van der Waals surface area contributed by atoms with Gasteiger partial charge < -0.3 is 19.4 Å². The number of furan rings is 1. The van der Waals surface area contributed by atoms with E-state index in [9.17, 15) is 14.4 Å². The molecule has 0 saturated heterocycles. The lowest BCUT2D eigenvalue weighted by Gasteiger charge is -2.13. The number of rotatable bonds is 7. The fourth-order valence-corrected chi connectivity index (χ4v) is 4.53. The maximum atomic E-state index is 12.8. The minimum atomic E-state index is -0.763. The molecule has 3 aromatic heterocycles. The van der Waals surface area contributed by atoms with E-state index < -0.39 is 11.9 Å². The SMILES string of the molecule is Cc1[nH][nH]c(=O)c1C(c1ccc(-c2ccc(Cl)c(C(=O)OCc3ccccc3)c2)o1)c1c(C)[nH][nH]c1=O. The van der Waals surface area contributed by atoms with Crippen LogP contribution in [0.4, 0.5) is 0 Å². The molecular weight excluding hydrogens is 496 g/mol. The van der Waals surface area contributed by atoms with Crippen LogP contribution in [-0.2, 0) is 11.3 Å². The van der Waals surface area contributed by atoms with Crippen molar-refractivity contribution in [1.29, 1.82) is 0 Å². The Kier molecular flexibility index (Phi) is 6.45. The van der Waals surface area contributed by atoms with Crippen molar-refractivity contribution in [2.45, 2.75) is 26.4 Å². The number of H-pyrrole nitrogens is 4. The molecule has 0 atom stereocenters. The van der Waals surface area contributed by atoms with Crippen LogP contribution in [0.15, 0.2) is 74.7 Å². The Morgan fingerprint density at radius 3 is 2.14 bits per heavy atom. The Labute approximate surface area is 215 Å². The second kappa shape index (κ2) is 9.87. The highest BCUT2D eigenvalue weighted by Crippen LogP contribution is 2.35. The average Bonchev–Trinajstić information content (AvgIpc) is 3.60. The summed E-state index contributed by atoms with van der Waals surface area (Å²) in [7, 11) is 0. The number of aromatic nitrogens is 4. The summed E-state index contributed by atoms with van der Waals surface area (Å²) in [5.74, 6) is -0.506. The van der Waals surface area contributed by atoms with E-state index in [0.717, 1.165) is 5.56 Å². The van der Waals surface area contributed by atoms with Crippen LogP contribution >= 0.6 is 11.6 Å². The number of nitrogens with one attached hydrogen (secondary N) is 4. The third-order valence-corrected chi connectivity index (χ3v) is 6.53. The second-order valence-corrected chi connectivity index (χ2v) is 9.03. The number of aryl methyl sites for hydroxylation is 2. The molecule has 37 heavy (non-hydrogen) atoms. The number of ether oxygens (including phenoxy) is 1. The van der Waals surface area contributed by atoms with Gasteiger partial charge >= 0.3 is 5.97 Å². The first kappa shape index (κ1) is 24.2. The van der Waals surface area contributed by atoms with Crippen LogP contribution in [0, 0.1) is 13.8 Å². The summed E-state index contributed by atoms with van der Waals surface area (Å²) in [5, 5.41) is 11.0. The van der Waals surface area contributed by atoms with E-state index in [0.29, 0.717) is 39.6 Å². The van der Waals surface area contributed by atoms with Crippen molar-refractivity contribution in [3.63, 3.8) is 0 Å². The molecule has 5 aromatic rings. The highest BCUT2D eigenvalue weighted by molar-refractivity contribution is 6.33. The third kappa shape index (κ3) is 4.68. The number of aromatic amines is 4. The molecule has 4 N–H and O–H groups in total. The molecule has 0 bridgehead atoms. The number of carbonyl (C=O) groups is 1. The van der Waals surface area contributed by atoms with E-state index >= 15 is 0 Å². The summed E-state index contributed by atoms with van der Waals surface area (Å²) < 4.78 is 11.6. The quantitative estimate of drug-likeness (QED) is 0.230. The lowest BCUT2D eigenvalue weighted by Crippen LogP contribution is -2.19. The van der Waals surface area contributed by atoms with E-state index in [2.05, 4.69) is 20.4 Å². The minimum Gasteiger partial charge on any atom is -0.460 e. The molecule has 10 heteroatoms. The lowest BCUT2D eigenvalue weighted by molar-refractivity contribution is 0.0473. The monoisotopic (exact) mass is 518 g/mol. The van der Waals surface area contributed by atoms with Gasteiger partial charge in [0.1, 0.15) is 18.1 Å². The number of benzene rings is 2. The molecule has 0 aliphatic heterocycles. The predicted molar refractivity (Wildman–Crippen MR) is 138 cm³/mol. The molecule has 0 unspecified atom stereocenters. The van der Waals surface area contributed by atoms with Gasteiger partial charge in [0.15, 0.2) is 0 Å². The van der Waals surface area contributed by atoms with Crippen LogP contribution in [0.5, 0.6) is 0 Å². The molecular formula is C27H23ClN4O5. The molecule has 0 aliphatic rings. The Bertz CT molecular complexity index is 1640. The van der Waals surface area contributed by atoms with E-state index in [-0.39, 0.29) is 28.3 Å². The minimum absolute atomic E-state index is 0.113. The van der Waals surface area contributed by atoms with Crippen LogP contribution in [0.25, 0.3) is 11.3 Å². The third-order valence-electron chi connectivity index (χ3n) is 6.20. The first-order valence-electron chi connectivity index (χ1n) is 11.5. The van der Waals surface area contributed by atoms with Crippen LogP contribution in [0.2, 0.25) is 5.02 Å². The summed E-state index contributed by atoms with van der Waals surface area (Å²) in [6, 6.07) is 17.7. The molecule has 188 valence electrons. The van der Waals surface area contributed by atoms with Crippen LogP contribution in [-0.4, -0.2) is 26.4 Å². The van der Waals surface area contributed by atoms with E-state index in [1.165, 1.54) is 0 Å². The van der Waals surface area contributed by atoms with Crippen molar-refractivity contribution in [2.24, 2.45) is 0 Å². The van der Waals surface area contributed by atoms with Crippen LogP contribution in [0.3, 0.4) is 0 Å². The normalized spacial score (nSPS) is 11.2. The van der Waals surface area contributed by atoms with Crippen LogP contribution in [0.1, 0.15) is 50.1 Å². The van der Waals surface area contributed by atoms with Crippen molar-refractivity contribution in [3.05, 3.63) is 126 Å². The van der Waals surface area contributed by atoms with Gasteiger partial charge in [-0.3, -0.25) is 19.8 Å². The van der Waals surface area contributed by atoms with Gasteiger partial charge in [0.05, 0.1) is 27.6 Å². The first-order chi connectivity index (χ1) is 17.8. The number of hydrogen-bond acceptors (Lipinski definition) is 5. The molecule has 2 aromatic carbocycles. The van der Waals surface area contributed by atoms with Crippen molar-refractivity contribution in [3.8, 4) is 11.3 Å².